The number of pyridine rings is 1. The van der Waals surface area contributed by atoms with Crippen molar-refractivity contribution in [3.63, 3.8) is 0 Å². The van der Waals surface area contributed by atoms with Gasteiger partial charge in [0.25, 0.3) is 0 Å². The Labute approximate surface area is 79.7 Å². The van der Waals surface area contributed by atoms with Crippen LogP contribution < -0.4 is 5.73 Å². The van der Waals surface area contributed by atoms with Gasteiger partial charge in [0.1, 0.15) is 10.2 Å². The molecule has 0 saturated carbocycles. The fraction of sp³-hybridized carbons (Fsp3) is 0.375. The molecule has 12 heavy (non-hydrogen) atoms. The second-order valence-electron chi connectivity index (χ2n) is 2.82. The van der Waals surface area contributed by atoms with Crippen molar-refractivity contribution in [1.29, 1.82) is 0 Å². The van der Waals surface area contributed by atoms with Crippen molar-refractivity contribution in [2.45, 2.75) is 12.5 Å². The predicted molar refractivity (Wildman–Crippen MR) is 50.6 cm³/mol. The minimum absolute atomic E-state index is 0.163. The molecule has 0 radical (unpaired) electrons. The molecule has 4 heteroatoms. The lowest BCUT2D eigenvalue weighted by atomic mass is 10.0. The normalized spacial score (nSPS) is 15.7. The van der Waals surface area contributed by atoms with Crippen molar-refractivity contribution in [2.75, 3.05) is 6.54 Å². The summed E-state index contributed by atoms with van der Waals surface area (Å²) in [6, 6.07) is 5.37. The van der Waals surface area contributed by atoms with Crippen molar-refractivity contribution in [2.24, 2.45) is 5.73 Å². The third kappa shape index (κ3) is 2.03. The van der Waals surface area contributed by atoms with Crippen LogP contribution in [0.25, 0.3) is 0 Å². The zero-order valence-electron chi connectivity index (χ0n) is 6.79. The first-order valence-corrected chi connectivity index (χ1v) is 4.41. The molecule has 0 amide bonds. The largest absolute Gasteiger partial charge is 0.383 e. The van der Waals surface area contributed by atoms with Crippen LogP contribution in [0.3, 0.4) is 0 Å². The maximum absolute atomic E-state index is 9.71. The number of hydrogen-bond donors (Lipinski definition) is 2. The van der Waals surface area contributed by atoms with Crippen molar-refractivity contribution >= 4 is 15.9 Å². The predicted octanol–water partition coefficient (Wildman–Crippen LogP) is 1.01. The van der Waals surface area contributed by atoms with E-state index in [1.165, 1.54) is 0 Å². The fourth-order valence-electron chi connectivity index (χ4n) is 0.813. The van der Waals surface area contributed by atoms with Crippen LogP contribution in [0.4, 0.5) is 0 Å². The van der Waals surface area contributed by atoms with Gasteiger partial charge in [0, 0.05) is 6.54 Å². The average molecular weight is 231 g/mol. The molecule has 0 aliphatic rings. The van der Waals surface area contributed by atoms with Gasteiger partial charge in [-0.25, -0.2) is 4.98 Å². The summed E-state index contributed by atoms with van der Waals surface area (Å²) in [5.41, 5.74) is 4.93. The summed E-state index contributed by atoms with van der Waals surface area (Å²) in [7, 11) is 0. The van der Waals surface area contributed by atoms with E-state index in [0.717, 1.165) is 0 Å². The number of nitrogens with zero attached hydrogens (tertiary/aromatic N) is 1. The zero-order chi connectivity index (χ0) is 9.19. The molecule has 1 rings (SSSR count). The Kier molecular flexibility index (Phi) is 2.82. The summed E-state index contributed by atoms with van der Waals surface area (Å²) in [4.78, 5) is 4.10. The van der Waals surface area contributed by atoms with Gasteiger partial charge in [-0.2, -0.15) is 0 Å². The smallest absolute Gasteiger partial charge is 0.116 e. The van der Waals surface area contributed by atoms with Crippen molar-refractivity contribution < 1.29 is 5.11 Å². The van der Waals surface area contributed by atoms with Crippen molar-refractivity contribution in [1.82, 2.24) is 4.98 Å². The molecule has 66 valence electrons. The Bertz CT molecular complexity index is 276. The van der Waals surface area contributed by atoms with Crippen molar-refractivity contribution in [3.8, 4) is 0 Å². The van der Waals surface area contributed by atoms with Gasteiger partial charge in [-0.3, -0.25) is 0 Å². The molecule has 0 saturated heterocycles. The van der Waals surface area contributed by atoms with Crippen LogP contribution >= 0.6 is 15.9 Å². The quantitative estimate of drug-likeness (QED) is 0.747. The van der Waals surface area contributed by atoms with E-state index in [2.05, 4.69) is 20.9 Å². The van der Waals surface area contributed by atoms with Crippen molar-refractivity contribution in [3.05, 3.63) is 28.5 Å². The molecule has 0 fully saturated rings. The second kappa shape index (κ2) is 3.51. The van der Waals surface area contributed by atoms with Gasteiger partial charge >= 0.3 is 0 Å². The van der Waals surface area contributed by atoms with Gasteiger partial charge in [-0.1, -0.05) is 6.07 Å². The zero-order valence-corrected chi connectivity index (χ0v) is 8.37. The average Bonchev–Trinajstić information content (AvgIpc) is 2.05. The third-order valence-electron chi connectivity index (χ3n) is 1.66. The Balaban J connectivity index is 3.03. The molecule has 1 heterocycles. The van der Waals surface area contributed by atoms with Crippen LogP contribution in [0.2, 0.25) is 0 Å². The number of aliphatic hydroxyl groups is 1. The molecular formula is C8H11BrN2O. The summed E-state index contributed by atoms with van der Waals surface area (Å²) in [5, 5.41) is 9.71. The number of rotatable bonds is 2. The topological polar surface area (TPSA) is 59.1 Å². The number of nitrogens with two attached hydrogens (primary N) is 1. The fourth-order valence-corrected chi connectivity index (χ4v) is 1.16. The molecule has 1 aromatic rings. The number of halogens is 1. The van der Waals surface area contributed by atoms with E-state index in [-0.39, 0.29) is 6.54 Å². The lowest BCUT2D eigenvalue weighted by Crippen LogP contribution is -2.32. The second-order valence-corrected chi connectivity index (χ2v) is 3.64. The molecule has 0 spiro atoms. The monoisotopic (exact) mass is 230 g/mol. The number of aromatic nitrogens is 1. The molecule has 0 aliphatic heterocycles. The van der Waals surface area contributed by atoms with Crippen LogP contribution in [-0.2, 0) is 5.60 Å². The van der Waals surface area contributed by atoms with Crippen LogP contribution in [0.5, 0.6) is 0 Å². The van der Waals surface area contributed by atoms with Gasteiger partial charge in [-0.05, 0) is 35.0 Å². The molecule has 0 aliphatic carbocycles. The summed E-state index contributed by atoms with van der Waals surface area (Å²) < 4.78 is 0.703. The first-order valence-electron chi connectivity index (χ1n) is 3.62. The maximum atomic E-state index is 9.71. The first kappa shape index (κ1) is 9.64. The van der Waals surface area contributed by atoms with Crippen LogP contribution in [0.1, 0.15) is 12.6 Å². The highest BCUT2D eigenvalue weighted by molar-refractivity contribution is 9.10. The van der Waals surface area contributed by atoms with Gasteiger partial charge in [0.15, 0.2) is 0 Å². The Morgan fingerprint density at radius 1 is 1.67 bits per heavy atom. The first-order chi connectivity index (χ1) is 5.56. The molecule has 3 nitrogen and oxygen atoms in total. The van der Waals surface area contributed by atoms with Gasteiger partial charge in [-0.15, -0.1) is 0 Å². The van der Waals surface area contributed by atoms with Gasteiger partial charge < -0.3 is 10.8 Å². The van der Waals surface area contributed by atoms with E-state index in [1.54, 1.807) is 19.1 Å². The molecule has 1 aromatic heterocycles. The molecular weight excluding hydrogens is 220 g/mol. The maximum Gasteiger partial charge on any atom is 0.116 e. The van der Waals surface area contributed by atoms with Gasteiger partial charge in [0.2, 0.25) is 0 Å². The molecule has 3 N–H and O–H groups in total. The molecule has 0 bridgehead atoms. The number of hydrogen-bond acceptors (Lipinski definition) is 3. The summed E-state index contributed by atoms with van der Waals surface area (Å²) in [5.74, 6) is 0. The van der Waals surface area contributed by atoms with E-state index < -0.39 is 5.60 Å². The molecule has 0 aromatic carbocycles. The van der Waals surface area contributed by atoms with E-state index >= 15 is 0 Å². The van der Waals surface area contributed by atoms with E-state index in [1.807, 2.05) is 6.07 Å². The Morgan fingerprint density at radius 2 is 2.33 bits per heavy atom. The summed E-state index contributed by atoms with van der Waals surface area (Å²) in [6.07, 6.45) is 0. The molecule has 1 unspecified atom stereocenters. The Hall–Kier alpha value is -0.450. The summed E-state index contributed by atoms with van der Waals surface area (Å²) in [6.45, 7) is 1.80. The van der Waals surface area contributed by atoms with Crippen LogP contribution in [0, 0.1) is 0 Å². The van der Waals surface area contributed by atoms with E-state index in [4.69, 9.17) is 5.73 Å². The SMILES string of the molecule is CC(O)(CN)c1cccc(Br)n1. The highest BCUT2D eigenvalue weighted by atomic mass is 79.9. The minimum atomic E-state index is -1.04. The highest BCUT2D eigenvalue weighted by Gasteiger charge is 2.22. The molecule has 1 atom stereocenters. The van der Waals surface area contributed by atoms with E-state index in [9.17, 15) is 5.11 Å². The third-order valence-corrected chi connectivity index (χ3v) is 2.11. The summed E-state index contributed by atoms with van der Waals surface area (Å²) >= 11 is 3.22. The standard InChI is InChI=1S/C8H11BrN2O/c1-8(12,5-10)6-3-2-4-7(9)11-6/h2-4,12H,5,10H2,1H3. The van der Waals surface area contributed by atoms with Crippen LogP contribution in [-0.4, -0.2) is 16.6 Å². The lowest BCUT2D eigenvalue weighted by molar-refractivity contribution is 0.0620. The van der Waals surface area contributed by atoms with Gasteiger partial charge in [0.05, 0.1) is 5.69 Å². The lowest BCUT2D eigenvalue weighted by Gasteiger charge is -2.20. The van der Waals surface area contributed by atoms with Crippen LogP contribution in [0.15, 0.2) is 22.8 Å². The minimum Gasteiger partial charge on any atom is -0.383 e. The Morgan fingerprint density at radius 3 is 2.83 bits per heavy atom. The highest BCUT2D eigenvalue weighted by Crippen LogP contribution is 2.18. The van der Waals surface area contributed by atoms with E-state index in [0.29, 0.717) is 10.3 Å².